The van der Waals surface area contributed by atoms with E-state index in [9.17, 15) is 4.79 Å². The van der Waals surface area contributed by atoms with E-state index in [1.165, 1.54) is 11.2 Å². The van der Waals surface area contributed by atoms with E-state index in [0.29, 0.717) is 13.0 Å². The van der Waals surface area contributed by atoms with Crippen LogP contribution >= 0.6 is 11.8 Å². The van der Waals surface area contributed by atoms with Gasteiger partial charge in [-0.2, -0.15) is 5.10 Å². The Labute approximate surface area is 145 Å². The number of thioether (sulfide) groups is 1. The number of carbonyl (C=O) groups excluding carboxylic acids is 1. The fraction of sp³-hybridized carbons (Fsp3) is 0.167. The quantitative estimate of drug-likeness (QED) is 0.670. The van der Waals surface area contributed by atoms with E-state index < -0.39 is 0 Å². The van der Waals surface area contributed by atoms with Gasteiger partial charge in [0.05, 0.1) is 6.54 Å². The number of rotatable bonds is 7. The monoisotopic (exact) mass is 338 g/mol. The van der Waals surface area contributed by atoms with Crippen LogP contribution in [0.3, 0.4) is 0 Å². The van der Waals surface area contributed by atoms with Crippen LogP contribution in [0.2, 0.25) is 0 Å². The molecule has 0 spiro atoms. The summed E-state index contributed by atoms with van der Waals surface area (Å²) in [6.45, 7) is 0.579. The van der Waals surface area contributed by atoms with Crippen LogP contribution in [0.4, 0.5) is 5.69 Å². The summed E-state index contributed by atoms with van der Waals surface area (Å²) in [5, 5.41) is 7.10. The van der Waals surface area contributed by atoms with Crippen molar-refractivity contribution >= 4 is 23.4 Å². The van der Waals surface area contributed by atoms with Crippen molar-refractivity contribution in [2.45, 2.75) is 17.9 Å². The van der Waals surface area contributed by atoms with Crippen molar-refractivity contribution in [3.05, 3.63) is 72.8 Å². The Balaban J connectivity index is 1.54. The lowest BCUT2D eigenvalue weighted by molar-refractivity contribution is -0.115. The van der Waals surface area contributed by atoms with Gasteiger partial charge in [0, 0.05) is 22.8 Å². The maximum Gasteiger partial charge on any atom is 0.225 e. The van der Waals surface area contributed by atoms with Gasteiger partial charge in [-0.1, -0.05) is 36.4 Å². The normalized spacial score (nSPS) is 10.5. The van der Waals surface area contributed by atoms with Gasteiger partial charge in [-0.05, 0) is 23.8 Å². The summed E-state index contributed by atoms with van der Waals surface area (Å²) in [5.74, 6) is 0.769. The molecule has 0 bridgehead atoms. The zero-order valence-corrected chi connectivity index (χ0v) is 13.9. The molecule has 0 aliphatic carbocycles. The van der Waals surface area contributed by atoms with E-state index in [0.717, 1.165) is 17.0 Å². The summed E-state index contributed by atoms with van der Waals surface area (Å²) in [4.78, 5) is 17.3. The highest BCUT2D eigenvalue weighted by Crippen LogP contribution is 2.19. The molecule has 2 aromatic carbocycles. The first-order chi connectivity index (χ1) is 11.8. The Kier molecular flexibility index (Phi) is 5.63. The molecule has 24 heavy (non-hydrogen) atoms. The molecule has 5 nitrogen and oxygen atoms in total. The van der Waals surface area contributed by atoms with Crippen LogP contribution in [-0.4, -0.2) is 26.4 Å². The van der Waals surface area contributed by atoms with Crippen LogP contribution in [-0.2, 0) is 11.3 Å². The third kappa shape index (κ3) is 4.70. The van der Waals surface area contributed by atoms with Crippen LogP contribution in [0.25, 0.3) is 0 Å². The number of anilines is 1. The predicted molar refractivity (Wildman–Crippen MR) is 96.0 cm³/mol. The minimum atomic E-state index is 0.0180. The zero-order valence-electron chi connectivity index (χ0n) is 13.1. The van der Waals surface area contributed by atoms with Crippen LogP contribution < -0.4 is 5.32 Å². The van der Waals surface area contributed by atoms with Crippen LogP contribution in [0, 0.1) is 0 Å². The molecule has 1 heterocycles. The fourth-order valence-electron chi connectivity index (χ4n) is 2.26. The van der Waals surface area contributed by atoms with Crippen molar-refractivity contribution in [1.29, 1.82) is 0 Å². The number of aromatic nitrogens is 3. The van der Waals surface area contributed by atoms with Crippen molar-refractivity contribution in [2.24, 2.45) is 0 Å². The summed E-state index contributed by atoms with van der Waals surface area (Å²) in [6, 6.07) is 17.9. The number of nitrogens with one attached hydrogen (secondary N) is 1. The minimum absolute atomic E-state index is 0.0180. The maximum absolute atomic E-state index is 12.2. The number of nitrogens with zero attached hydrogens (tertiary/aromatic N) is 3. The Morgan fingerprint density at radius 1 is 1.08 bits per heavy atom. The molecule has 1 aromatic heterocycles. The highest BCUT2D eigenvalue weighted by Gasteiger charge is 2.07. The molecule has 0 aliphatic heterocycles. The molecule has 3 rings (SSSR count). The van der Waals surface area contributed by atoms with Gasteiger partial charge in [-0.25, -0.2) is 9.67 Å². The largest absolute Gasteiger partial charge is 0.326 e. The van der Waals surface area contributed by atoms with Gasteiger partial charge in [0.25, 0.3) is 0 Å². The smallest absolute Gasteiger partial charge is 0.225 e. The minimum Gasteiger partial charge on any atom is -0.326 e. The van der Waals surface area contributed by atoms with Gasteiger partial charge < -0.3 is 5.32 Å². The lowest BCUT2D eigenvalue weighted by Gasteiger charge is -2.11. The molecule has 3 aromatic rings. The second-order valence-corrected chi connectivity index (χ2v) is 6.38. The van der Waals surface area contributed by atoms with Crippen molar-refractivity contribution in [1.82, 2.24) is 14.8 Å². The molecule has 1 amide bonds. The summed E-state index contributed by atoms with van der Waals surface area (Å²) >= 11 is 1.68. The SMILES string of the molecule is O=C(CCSc1ccccc1)Nc1ccccc1Cn1cncn1. The molecule has 6 heteroatoms. The molecular weight excluding hydrogens is 320 g/mol. The van der Waals surface area contributed by atoms with Crippen LogP contribution in [0.1, 0.15) is 12.0 Å². The number of hydrogen-bond donors (Lipinski definition) is 1. The Bertz CT molecular complexity index is 775. The number of para-hydroxylation sites is 1. The average molecular weight is 338 g/mol. The first-order valence-corrected chi connectivity index (χ1v) is 8.68. The molecule has 0 radical (unpaired) electrons. The summed E-state index contributed by atoms with van der Waals surface area (Å²) in [6.07, 6.45) is 3.63. The van der Waals surface area contributed by atoms with E-state index in [2.05, 4.69) is 27.5 Å². The van der Waals surface area contributed by atoms with E-state index in [4.69, 9.17) is 0 Å². The lowest BCUT2D eigenvalue weighted by atomic mass is 10.1. The van der Waals surface area contributed by atoms with Crippen LogP contribution in [0.15, 0.2) is 72.1 Å². The average Bonchev–Trinajstić information content (AvgIpc) is 3.11. The molecule has 0 unspecified atom stereocenters. The second-order valence-electron chi connectivity index (χ2n) is 5.21. The molecular formula is C18H18N4OS. The maximum atomic E-state index is 12.2. The summed E-state index contributed by atoms with van der Waals surface area (Å²) < 4.78 is 1.73. The first-order valence-electron chi connectivity index (χ1n) is 7.69. The highest BCUT2D eigenvalue weighted by atomic mass is 32.2. The molecule has 0 saturated carbocycles. The van der Waals surface area contributed by atoms with Gasteiger partial charge in [-0.15, -0.1) is 11.8 Å². The number of benzene rings is 2. The fourth-order valence-corrected chi connectivity index (χ4v) is 3.13. The van der Waals surface area contributed by atoms with Gasteiger partial charge >= 0.3 is 0 Å². The molecule has 0 saturated heterocycles. The summed E-state index contributed by atoms with van der Waals surface area (Å²) in [7, 11) is 0. The molecule has 1 N–H and O–H groups in total. The number of carbonyl (C=O) groups is 1. The topological polar surface area (TPSA) is 59.8 Å². The molecule has 0 aliphatic rings. The van der Waals surface area contributed by atoms with Crippen molar-refractivity contribution in [3.8, 4) is 0 Å². The van der Waals surface area contributed by atoms with Crippen LogP contribution in [0.5, 0.6) is 0 Å². The highest BCUT2D eigenvalue weighted by molar-refractivity contribution is 7.99. The van der Waals surface area contributed by atoms with Crippen molar-refractivity contribution in [3.63, 3.8) is 0 Å². The van der Waals surface area contributed by atoms with Gasteiger partial charge in [0.15, 0.2) is 0 Å². The summed E-state index contributed by atoms with van der Waals surface area (Å²) in [5.41, 5.74) is 1.83. The zero-order chi connectivity index (χ0) is 16.6. The molecule has 122 valence electrons. The standard InChI is InChI=1S/C18H18N4OS/c23-18(10-11-24-16-7-2-1-3-8-16)21-17-9-5-4-6-15(17)12-22-14-19-13-20-22/h1-9,13-14H,10-12H2,(H,21,23). The van der Waals surface area contributed by atoms with Gasteiger partial charge in [-0.3, -0.25) is 4.79 Å². The third-order valence-corrected chi connectivity index (χ3v) is 4.45. The van der Waals surface area contributed by atoms with Crippen molar-refractivity contribution < 1.29 is 4.79 Å². The lowest BCUT2D eigenvalue weighted by Crippen LogP contribution is -2.14. The Hall–Kier alpha value is -2.60. The number of hydrogen-bond acceptors (Lipinski definition) is 4. The molecule has 0 fully saturated rings. The van der Waals surface area contributed by atoms with Crippen molar-refractivity contribution in [2.75, 3.05) is 11.1 Å². The van der Waals surface area contributed by atoms with E-state index in [-0.39, 0.29) is 5.91 Å². The van der Waals surface area contributed by atoms with Gasteiger partial charge in [0.1, 0.15) is 12.7 Å². The second kappa shape index (κ2) is 8.31. The van der Waals surface area contributed by atoms with Gasteiger partial charge in [0.2, 0.25) is 5.91 Å². The Morgan fingerprint density at radius 2 is 1.88 bits per heavy atom. The Morgan fingerprint density at radius 3 is 2.67 bits per heavy atom. The first kappa shape index (κ1) is 16.3. The van der Waals surface area contributed by atoms with E-state index >= 15 is 0 Å². The predicted octanol–water partition coefficient (Wildman–Crippen LogP) is 3.45. The van der Waals surface area contributed by atoms with E-state index in [1.807, 2.05) is 42.5 Å². The number of amides is 1. The van der Waals surface area contributed by atoms with E-state index in [1.54, 1.807) is 22.8 Å². The third-order valence-electron chi connectivity index (χ3n) is 3.43. The molecule has 0 atom stereocenters.